The molecule has 1 atom stereocenters. The second-order valence-corrected chi connectivity index (χ2v) is 3.80. The van der Waals surface area contributed by atoms with E-state index in [2.05, 4.69) is 10.3 Å². The van der Waals surface area contributed by atoms with Crippen molar-refractivity contribution in [1.29, 1.82) is 0 Å². The molecule has 0 amide bonds. The molecule has 1 aromatic heterocycles. The predicted molar refractivity (Wildman–Crippen MR) is 64.9 cm³/mol. The molecule has 0 bridgehead atoms. The van der Waals surface area contributed by atoms with Crippen LogP contribution in [0.1, 0.15) is 29.9 Å². The van der Waals surface area contributed by atoms with Crippen LogP contribution in [-0.4, -0.2) is 37.3 Å². The predicted octanol–water partition coefficient (Wildman–Crippen LogP) is 1.32. The number of aromatic nitrogens is 1. The SMILES string of the molecule is CCOCC(C)NCc1[nH]ccc1C(=O)OC. The molecular formula is C12H20N2O3. The third-order valence-corrected chi connectivity index (χ3v) is 2.44. The van der Waals surface area contributed by atoms with E-state index in [0.29, 0.717) is 25.3 Å². The van der Waals surface area contributed by atoms with Gasteiger partial charge in [0.2, 0.25) is 0 Å². The van der Waals surface area contributed by atoms with Gasteiger partial charge in [-0.15, -0.1) is 0 Å². The van der Waals surface area contributed by atoms with Crippen LogP contribution in [0.5, 0.6) is 0 Å². The van der Waals surface area contributed by atoms with E-state index in [4.69, 9.17) is 9.47 Å². The lowest BCUT2D eigenvalue weighted by Crippen LogP contribution is -2.30. The summed E-state index contributed by atoms with van der Waals surface area (Å²) in [7, 11) is 1.38. The molecule has 5 nitrogen and oxygen atoms in total. The monoisotopic (exact) mass is 240 g/mol. The van der Waals surface area contributed by atoms with Gasteiger partial charge in [0, 0.05) is 31.1 Å². The maximum absolute atomic E-state index is 11.4. The largest absolute Gasteiger partial charge is 0.465 e. The fourth-order valence-corrected chi connectivity index (χ4v) is 1.48. The van der Waals surface area contributed by atoms with Crippen molar-refractivity contribution in [1.82, 2.24) is 10.3 Å². The third kappa shape index (κ3) is 4.20. The summed E-state index contributed by atoms with van der Waals surface area (Å²) in [6.45, 7) is 5.96. The first-order chi connectivity index (χ1) is 8.19. The van der Waals surface area contributed by atoms with Gasteiger partial charge in [0.15, 0.2) is 0 Å². The molecule has 1 heterocycles. The molecule has 0 saturated carbocycles. The number of hydrogen-bond donors (Lipinski definition) is 2. The van der Waals surface area contributed by atoms with E-state index < -0.39 is 0 Å². The molecule has 0 radical (unpaired) electrons. The van der Waals surface area contributed by atoms with Crippen molar-refractivity contribution in [3.8, 4) is 0 Å². The molecule has 1 rings (SSSR count). The Morgan fingerprint density at radius 3 is 3.00 bits per heavy atom. The Labute approximate surface area is 101 Å². The van der Waals surface area contributed by atoms with Crippen molar-refractivity contribution >= 4 is 5.97 Å². The van der Waals surface area contributed by atoms with Crippen LogP contribution < -0.4 is 5.32 Å². The van der Waals surface area contributed by atoms with Crippen LogP contribution in [-0.2, 0) is 16.0 Å². The van der Waals surface area contributed by atoms with Crippen LogP contribution in [0.15, 0.2) is 12.3 Å². The molecule has 0 aliphatic heterocycles. The van der Waals surface area contributed by atoms with Crippen LogP contribution in [0, 0.1) is 0 Å². The van der Waals surface area contributed by atoms with Crippen molar-refractivity contribution in [3.63, 3.8) is 0 Å². The minimum Gasteiger partial charge on any atom is -0.465 e. The van der Waals surface area contributed by atoms with Gasteiger partial charge < -0.3 is 19.8 Å². The summed E-state index contributed by atoms with van der Waals surface area (Å²) in [4.78, 5) is 14.4. The van der Waals surface area contributed by atoms with Gasteiger partial charge >= 0.3 is 5.97 Å². The second kappa shape index (κ2) is 7.09. The molecule has 0 spiro atoms. The molecule has 1 aromatic rings. The zero-order valence-electron chi connectivity index (χ0n) is 10.6. The van der Waals surface area contributed by atoms with Gasteiger partial charge in [-0.2, -0.15) is 0 Å². The van der Waals surface area contributed by atoms with Crippen LogP contribution >= 0.6 is 0 Å². The minimum absolute atomic E-state index is 0.240. The Balaban J connectivity index is 2.46. The van der Waals surface area contributed by atoms with E-state index >= 15 is 0 Å². The van der Waals surface area contributed by atoms with Gasteiger partial charge in [-0.25, -0.2) is 4.79 Å². The van der Waals surface area contributed by atoms with Gasteiger partial charge in [-0.05, 0) is 19.9 Å². The van der Waals surface area contributed by atoms with Crippen molar-refractivity contribution < 1.29 is 14.3 Å². The molecule has 2 N–H and O–H groups in total. The quantitative estimate of drug-likeness (QED) is 0.705. The molecule has 0 fully saturated rings. The van der Waals surface area contributed by atoms with Crippen molar-refractivity contribution in [2.75, 3.05) is 20.3 Å². The number of methoxy groups -OCH3 is 1. The molecule has 1 unspecified atom stereocenters. The Morgan fingerprint density at radius 1 is 1.59 bits per heavy atom. The van der Waals surface area contributed by atoms with E-state index in [1.165, 1.54) is 7.11 Å². The Bertz CT molecular complexity index is 349. The number of aromatic amines is 1. The first-order valence-corrected chi connectivity index (χ1v) is 5.74. The number of hydrogen-bond acceptors (Lipinski definition) is 4. The molecule has 0 aliphatic carbocycles. The highest BCUT2D eigenvalue weighted by Gasteiger charge is 2.13. The summed E-state index contributed by atoms with van der Waals surface area (Å²) in [6.07, 6.45) is 1.73. The lowest BCUT2D eigenvalue weighted by Gasteiger charge is -2.13. The summed E-state index contributed by atoms with van der Waals surface area (Å²) in [6, 6.07) is 1.96. The number of H-pyrrole nitrogens is 1. The molecule has 0 aliphatic rings. The molecule has 0 saturated heterocycles. The highest BCUT2D eigenvalue weighted by atomic mass is 16.5. The first kappa shape index (κ1) is 13.7. The number of ether oxygens (including phenoxy) is 2. The molecule has 0 aromatic carbocycles. The number of nitrogens with one attached hydrogen (secondary N) is 2. The highest BCUT2D eigenvalue weighted by Crippen LogP contribution is 2.08. The lowest BCUT2D eigenvalue weighted by atomic mass is 10.2. The van der Waals surface area contributed by atoms with Gasteiger partial charge in [0.25, 0.3) is 0 Å². The smallest absolute Gasteiger partial charge is 0.339 e. The maximum atomic E-state index is 11.4. The average Bonchev–Trinajstić information content (AvgIpc) is 2.81. The third-order valence-electron chi connectivity index (χ3n) is 2.44. The van der Waals surface area contributed by atoms with Gasteiger partial charge in [0.1, 0.15) is 0 Å². The highest BCUT2D eigenvalue weighted by molar-refractivity contribution is 5.90. The zero-order valence-corrected chi connectivity index (χ0v) is 10.6. The summed E-state index contributed by atoms with van der Waals surface area (Å²) >= 11 is 0. The normalized spacial score (nSPS) is 12.4. The number of carbonyl (C=O) groups excluding carboxylic acids is 1. The maximum Gasteiger partial charge on any atom is 0.339 e. The van der Waals surface area contributed by atoms with Crippen molar-refractivity contribution in [2.24, 2.45) is 0 Å². The molecular weight excluding hydrogens is 220 g/mol. The van der Waals surface area contributed by atoms with E-state index in [1.807, 2.05) is 13.8 Å². The average molecular weight is 240 g/mol. The van der Waals surface area contributed by atoms with Crippen molar-refractivity contribution in [2.45, 2.75) is 26.4 Å². The van der Waals surface area contributed by atoms with E-state index in [9.17, 15) is 4.79 Å². The summed E-state index contributed by atoms with van der Waals surface area (Å²) in [5.41, 5.74) is 1.41. The number of rotatable bonds is 7. The summed E-state index contributed by atoms with van der Waals surface area (Å²) in [5.74, 6) is -0.319. The molecule has 96 valence electrons. The topological polar surface area (TPSA) is 63.3 Å². The second-order valence-electron chi connectivity index (χ2n) is 3.80. The van der Waals surface area contributed by atoms with Gasteiger partial charge in [-0.3, -0.25) is 0 Å². The lowest BCUT2D eigenvalue weighted by molar-refractivity contribution is 0.0599. The summed E-state index contributed by atoms with van der Waals surface area (Å²) in [5, 5.41) is 3.28. The number of carbonyl (C=O) groups is 1. The van der Waals surface area contributed by atoms with Gasteiger partial charge in [-0.1, -0.05) is 0 Å². The van der Waals surface area contributed by atoms with Crippen LogP contribution in [0.25, 0.3) is 0 Å². The first-order valence-electron chi connectivity index (χ1n) is 5.74. The van der Waals surface area contributed by atoms with Gasteiger partial charge in [0.05, 0.1) is 19.3 Å². The Kier molecular flexibility index (Phi) is 5.72. The zero-order chi connectivity index (χ0) is 12.7. The fraction of sp³-hybridized carbons (Fsp3) is 0.583. The molecule has 17 heavy (non-hydrogen) atoms. The number of esters is 1. The minimum atomic E-state index is -0.319. The standard InChI is InChI=1S/C12H20N2O3/c1-4-17-8-9(2)14-7-11-10(5-6-13-11)12(15)16-3/h5-6,9,13-14H,4,7-8H2,1-3H3. The summed E-state index contributed by atoms with van der Waals surface area (Å²) < 4.78 is 10.00. The van der Waals surface area contributed by atoms with Crippen LogP contribution in [0.4, 0.5) is 0 Å². The Hall–Kier alpha value is -1.33. The van der Waals surface area contributed by atoms with E-state index in [1.54, 1.807) is 12.3 Å². The molecule has 5 heteroatoms. The van der Waals surface area contributed by atoms with E-state index in [-0.39, 0.29) is 12.0 Å². The van der Waals surface area contributed by atoms with E-state index in [0.717, 1.165) is 5.69 Å². The van der Waals surface area contributed by atoms with Crippen LogP contribution in [0.2, 0.25) is 0 Å². The van der Waals surface area contributed by atoms with Crippen molar-refractivity contribution in [3.05, 3.63) is 23.5 Å². The fourth-order valence-electron chi connectivity index (χ4n) is 1.48. The Morgan fingerprint density at radius 2 is 2.35 bits per heavy atom. The van der Waals surface area contributed by atoms with Crippen LogP contribution in [0.3, 0.4) is 0 Å².